The molecule has 0 bridgehead atoms. The molecule has 1 N–H and O–H groups in total. The highest BCUT2D eigenvalue weighted by molar-refractivity contribution is 7.88. The number of carbonyl (C=O) groups excluding carboxylic acids is 1. The molecule has 0 saturated heterocycles. The third kappa shape index (κ3) is 6.16. The Morgan fingerprint density at radius 3 is 2.16 bits per heavy atom. The maximum Gasteiger partial charge on any atom is 0.239 e. The van der Waals surface area contributed by atoms with Crippen LogP contribution in [0.25, 0.3) is 0 Å². The summed E-state index contributed by atoms with van der Waals surface area (Å²) in [5, 5.41) is 3.33. The molecular formula is C18H21ClN2O3S. The van der Waals surface area contributed by atoms with Gasteiger partial charge in [-0.3, -0.25) is 4.79 Å². The predicted octanol–water partition coefficient (Wildman–Crippen LogP) is 3.36. The van der Waals surface area contributed by atoms with Crippen LogP contribution < -0.4 is 5.32 Å². The number of benzene rings is 2. The molecule has 1 amide bonds. The monoisotopic (exact) mass is 380 g/mol. The maximum atomic E-state index is 12.3. The van der Waals surface area contributed by atoms with Crippen LogP contribution >= 0.6 is 11.6 Å². The minimum Gasteiger partial charge on any atom is -0.325 e. The highest BCUT2D eigenvalue weighted by Crippen LogP contribution is 2.15. The Morgan fingerprint density at radius 2 is 1.64 bits per heavy atom. The van der Waals surface area contributed by atoms with E-state index >= 15 is 0 Å². The maximum absolute atomic E-state index is 12.3. The van der Waals surface area contributed by atoms with E-state index in [0.717, 1.165) is 27.3 Å². The van der Waals surface area contributed by atoms with Crippen LogP contribution in [0, 0.1) is 13.8 Å². The molecule has 7 heteroatoms. The van der Waals surface area contributed by atoms with Gasteiger partial charge in [0.05, 0.1) is 12.8 Å². The summed E-state index contributed by atoms with van der Waals surface area (Å²) in [5.41, 5.74) is 3.46. The summed E-state index contributed by atoms with van der Waals surface area (Å²) < 4.78 is 25.2. The molecule has 134 valence electrons. The number of amides is 1. The summed E-state index contributed by atoms with van der Waals surface area (Å²) in [6.07, 6.45) is 1.09. The summed E-state index contributed by atoms with van der Waals surface area (Å²) in [6, 6.07) is 12.5. The molecule has 0 aromatic heterocycles. The lowest BCUT2D eigenvalue weighted by atomic mass is 10.1. The van der Waals surface area contributed by atoms with E-state index in [2.05, 4.69) is 5.32 Å². The van der Waals surface area contributed by atoms with Gasteiger partial charge in [0, 0.05) is 17.3 Å². The second kappa shape index (κ2) is 7.99. The smallest absolute Gasteiger partial charge is 0.239 e. The Labute approximate surface area is 153 Å². The van der Waals surface area contributed by atoms with Crippen molar-refractivity contribution < 1.29 is 13.2 Å². The summed E-state index contributed by atoms with van der Waals surface area (Å²) in [6.45, 7) is 3.72. The minimum absolute atomic E-state index is 0.107. The standard InChI is InChI=1S/C18H21ClN2O3S/c1-13-8-14(2)10-17(9-13)20-18(22)12-21(25(3,23)24)11-15-4-6-16(19)7-5-15/h4-10H,11-12H2,1-3H3,(H,20,22). The number of anilines is 1. The number of rotatable bonds is 6. The molecule has 0 spiro atoms. The first-order valence-corrected chi connectivity index (χ1v) is 9.94. The van der Waals surface area contributed by atoms with Crippen molar-refractivity contribution in [3.05, 3.63) is 64.2 Å². The van der Waals surface area contributed by atoms with Gasteiger partial charge in [-0.15, -0.1) is 0 Å². The molecule has 0 aliphatic rings. The summed E-state index contributed by atoms with van der Waals surface area (Å²) in [5.74, 6) is -0.385. The molecule has 5 nitrogen and oxygen atoms in total. The van der Waals surface area contributed by atoms with Crippen molar-refractivity contribution in [3.8, 4) is 0 Å². The van der Waals surface area contributed by atoms with Gasteiger partial charge in [0.1, 0.15) is 0 Å². The van der Waals surface area contributed by atoms with Crippen molar-refractivity contribution in [2.24, 2.45) is 0 Å². The van der Waals surface area contributed by atoms with Gasteiger partial charge in [0.2, 0.25) is 15.9 Å². The van der Waals surface area contributed by atoms with Gasteiger partial charge in [-0.25, -0.2) is 8.42 Å². The lowest BCUT2D eigenvalue weighted by Crippen LogP contribution is -2.36. The number of hydrogen-bond donors (Lipinski definition) is 1. The molecule has 2 aromatic carbocycles. The minimum atomic E-state index is -3.54. The number of halogens is 1. The van der Waals surface area contributed by atoms with Crippen LogP contribution in [-0.4, -0.2) is 31.4 Å². The number of sulfonamides is 1. The van der Waals surface area contributed by atoms with Gasteiger partial charge in [0.25, 0.3) is 0 Å². The van der Waals surface area contributed by atoms with Crippen LogP contribution in [0.4, 0.5) is 5.69 Å². The lowest BCUT2D eigenvalue weighted by Gasteiger charge is -2.20. The average Bonchev–Trinajstić information content (AvgIpc) is 2.46. The molecule has 2 rings (SSSR count). The molecule has 0 radical (unpaired) electrons. The van der Waals surface area contributed by atoms with Crippen LogP contribution in [0.3, 0.4) is 0 Å². The largest absolute Gasteiger partial charge is 0.325 e. The topological polar surface area (TPSA) is 66.5 Å². The van der Waals surface area contributed by atoms with Crippen molar-refractivity contribution in [3.63, 3.8) is 0 Å². The van der Waals surface area contributed by atoms with E-state index < -0.39 is 10.0 Å². The molecule has 0 saturated carbocycles. The van der Waals surface area contributed by atoms with Gasteiger partial charge < -0.3 is 5.32 Å². The van der Waals surface area contributed by atoms with Gasteiger partial charge in [-0.1, -0.05) is 29.8 Å². The highest BCUT2D eigenvalue weighted by Gasteiger charge is 2.20. The van der Waals surface area contributed by atoms with Crippen molar-refractivity contribution >= 4 is 33.2 Å². The molecular weight excluding hydrogens is 360 g/mol. The zero-order valence-electron chi connectivity index (χ0n) is 14.4. The Hall–Kier alpha value is -1.89. The highest BCUT2D eigenvalue weighted by atomic mass is 35.5. The first-order chi connectivity index (χ1) is 11.6. The van der Waals surface area contributed by atoms with Crippen molar-refractivity contribution in [1.29, 1.82) is 0 Å². The number of nitrogens with one attached hydrogen (secondary N) is 1. The van der Waals surface area contributed by atoms with E-state index in [9.17, 15) is 13.2 Å². The molecule has 2 aromatic rings. The van der Waals surface area contributed by atoms with Crippen molar-refractivity contribution in [2.45, 2.75) is 20.4 Å². The van der Waals surface area contributed by atoms with E-state index in [1.54, 1.807) is 24.3 Å². The summed E-state index contributed by atoms with van der Waals surface area (Å²) >= 11 is 5.84. The predicted molar refractivity (Wildman–Crippen MR) is 101 cm³/mol. The van der Waals surface area contributed by atoms with Crippen molar-refractivity contribution in [2.75, 3.05) is 18.1 Å². The molecule has 0 heterocycles. The van der Waals surface area contributed by atoms with E-state index in [1.165, 1.54) is 0 Å². The van der Waals surface area contributed by atoms with Gasteiger partial charge >= 0.3 is 0 Å². The Kier molecular flexibility index (Phi) is 6.21. The van der Waals surface area contributed by atoms with Crippen molar-refractivity contribution in [1.82, 2.24) is 4.31 Å². The number of nitrogens with zero attached hydrogens (tertiary/aromatic N) is 1. The first-order valence-electron chi connectivity index (χ1n) is 7.71. The van der Waals surface area contributed by atoms with Gasteiger partial charge in [-0.05, 0) is 54.8 Å². The lowest BCUT2D eigenvalue weighted by molar-refractivity contribution is -0.116. The normalized spacial score (nSPS) is 11.6. The zero-order chi connectivity index (χ0) is 18.6. The molecule has 0 aliphatic carbocycles. The summed E-state index contributed by atoms with van der Waals surface area (Å²) in [7, 11) is -3.54. The second-order valence-corrected chi connectivity index (χ2v) is 8.50. The molecule has 0 aliphatic heterocycles. The second-order valence-electron chi connectivity index (χ2n) is 6.08. The fourth-order valence-electron chi connectivity index (χ4n) is 2.49. The van der Waals surface area contributed by atoms with Gasteiger partial charge in [-0.2, -0.15) is 4.31 Å². The number of hydrogen-bond acceptors (Lipinski definition) is 3. The first kappa shape index (κ1) is 19.4. The Morgan fingerprint density at radius 1 is 1.08 bits per heavy atom. The van der Waals surface area contributed by atoms with Crippen LogP contribution in [0.2, 0.25) is 5.02 Å². The van der Waals surface area contributed by atoms with Crippen LogP contribution in [-0.2, 0) is 21.4 Å². The summed E-state index contributed by atoms with van der Waals surface area (Å²) in [4.78, 5) is 12.3. The number of carbonyl (C=O) groups is 1. The quantitative estimate of drug-likeness (QED) is 0.835. The van der Waals surface area contributed by atoms with Gasteiger partial charge in [0.15, 0.2) is 0 Å². The van der Waals surface area contributed by atoms with E-state index in [-0.39, 0.29) is 19.0 Å². The fourth-order valence-corrected chi connectivity index (χ4v) is 3.35. The Bertz CT molecular complexity index is 844. The molecule has 0 fully saturated rings. The zero-order valence-corrected chi connectivity index (χ0v) is 16.0. The third-order valence-electron chi connectivity index (χ3n) is 3.57. The SMILES string of the molecule is Cc1cc(C)cc(NC(=O)CN(Cc2ccc(Cl)cc2)S(C)(=O)=O)c1. The molecule has 25 heavy (non-hydrogen) atoms. The van der Waals surface area contributed by atoms with Crippen LogP contribution in [0.1, 0.15) is 16.7 Å². The van der Waals surface area contributed by atoms with E-state index in [1.807, 2.05) is 32.0 Å². The molecule has 0 unspecified atom stereocenters. The Balaban J connectivity index is 2.11. The number of aryl methyl sites for hydroxylation is 2. The van der Waals surface area contributed by atoms with E-state index in [4.69, 9.17) is 11.6 Å². The average molecular weight is 381 g/mol. The third-order valence-corrected chi connectivity index (χ3v) is 5.01. The molecule has 0 atom stereocenters. The van der Waals surface area contributed by atoms with E-state index in [0.29, 0.717) is 10.7 Å². The fraction of sp³-hybridized carbons (Fsp3) is 0.278. The van der Waals surface area contributed by atoms with Crippen LogP contribution in [0.15, 0.2) is 42.5 Å². The van der Waals surface area contributed by atoms with Crippen LogP contribution in [0.5, 0.6) is 0 Å².